The Labute approximate surface area is 156 Å². The van der Waals surface area contributed by atoms with Crippen molar-refractivity contribution in [1.82, 2.24) is 14.3 Å². The molecule has 1 aromatic heterocycles. The van der Waals surface area contributed by atoms with Crippen LogP contribution in [-0.4, -0.2) is 41.9 Å². The molecule has 0 spiro atoms. The van der Waals surface area contributed by atoms with Crippen LogP contribution in [-0.2, 0) is 10.0 Å². The molecule has 6 nitrogen and oxygen atoms in total. The molecule has 0 unspecified atom stereocenters. The molecular formula is C16H17Cl2N3O3S. The number of sulfonamides is 1. The van der Waals surface area contributed by atoms with Crippen LogP contribution in [0.2, 0.25) is 10.0 Å². The van der Waals surface area contributed by atoms with Crippen molar-refractivity contribution >= 4 is 33.2 Å². The fraction of sp³-hybridized carbons (Fsp3) is 0.375. The highest BCUT2D eigenvalue weighted by Gasteiger charge is 2.32. The molecule has 1 fully saturated rings. The molecule has 0 aliphatic carbocycles. The zero-order chi connectivity index (χ0) is 18.0. The van der Waals surface area contributed by atoms with Crippen molar-refractivity contribution in [2.45, 2.75) is 30.8 Å². The van der Waals surface area contributed by atoms with E-state index in [1.54, 1.807) is 25.5 Å². The zero-order valence-corrected chi connectivity index (χ0v) is 15.9. The van der Waals surface area contributed by atoms with E-state index in [1.807, 2.05) is 0 Å². The lowest BCUT2D eigenvalue weighted by molar-refractivity contribution is 0.129. The average molecular weight is 402 g/mol. The van der Waals surface area contributed by atoms with Gasteiger partial charge in [-0.3, -0.25) is 4.98 Å². The van der Waals surface area contributed by atoms with Crippen LogP contribution in [0, 0.1) is 6.92 Å². The van der Waals surface area contributed by atoms with Crippen molar-refractivity contribution in [3.8, 4) is 5.88 Å². The fourth-order valence-electron chi connectivity index (χ4n) is 2.67. The first-order valence-corrected chi connectivity index (χ1v) is 9.96. The lowest BCUT2D eigenvalue weighted by Gasteiger charge is -2.31. The van der Waals surface area contributed by atoms with Gasteiger partial charge in [0.05, 0.1) is 11.2 Å². The Morgan fingerprint density at radius 1 is 1.16 bits per heavy atom. The molecule has 0 radical (unpaired) electrons. The van der Waals surface area contributed by atoms with E-state index in [-0.39, 0.29) is 16.0 Å². The normalized spacial score (nSPS) is 16.8. The summed E-state index contributed by atoms with van der Waals surface area (Å²) in [5, 5.41) is 0.577. The topological polar surface area (TPSA) is 72.4 Å². The highest BCUT2D eigenvalue weighted by Crippen LogP contribution is 2.31. The first-order valence-electron chi connectivity index (χ1n) is 7.76. The van der Waals surface area contributed by atoms with E-state index < -0.39 is 10.0 Å². The van der Waals surface area contributed by atoms with Gasteiger partial charge in [0.25, 0.3) is 0 Å². The second kappa shape index (κ2) is 7.45. The quantitative estimate of drug-likeness (QED) is 0.785. The van der Waals surface area contributed by atoms with Crippen LogP contribution in [0.1, 0.15) is 18.4 Å². The van der Waals surface area contributed by atoms with Gasteiger partial charge in [0.15, 0.2) is 0 Å². The molecule has 9 heteroatoms. The molecule has 0 amide bonds. The number of aryl methyl sites for hydroxylation is 1. The molecule has 1 aliphatic rings. The van der Waals surface area contributed by atoms with Gasteiger partial charge in [-0.15, -0.1) is 0 Å². The molecule has 134 valence electrons. The lowest BCUT2D eigenvalue weighted by Crippen LogP contribution is -2.41. The number of halogens is 2. The summed E-state index contributed by atoms with van der Waals surface area (Å²) >= 11 is 12.1. The largest absolute Gasteiger partial charge is 0.473 e. The monoisotopic (exact) mass is 401 g/mol. The van der Waals surface area contributed by atoms with Crippen LogP contribution >= 0.6 is 23.2 Å². The third-order valence-corrected chi connectivity index (χ3v) is 6.83. The van der Waals surface area contributed by atoms with Crippen molar-refractivity contribution in [2.24, 2.45) is 0 Å². The second-order valence-corrected chi connectivity index (χ2v) is 8.52. The minimum atomic E-state index is -3.67. The molecule has 0 saturated carbocycles. The summed E-state index contributed by atoms with van der Waals surface area (Å²) in [6.45, 7) is 2.45. The number of aromatic nitrogens is 2. The summed E-state index contributed by atoms with van der Waals surface area (Å²) in [6, 6.07) is 2.98. The maximum Gasteiger partial charge on any atom is 0.244 e. The average Bonchev–Trinajstić information content (AvgIpc) is 2.59. The smallest absolute Gasteiger partial charge is 0.244 e. The summed E-state index contributed by atoms with van der Waals surface area (Å²) in [5.74, 6) is 0.445. The van der Waals surface area contributed by atoms with Gasteiger partial charge in [-0.05, 0) is 37.5 Å². The molecule has 2 aromatic rings. The molecule has 0 N–H and O–H groups in total. The molecule has 3 rings (SSSR count). The summed E-state index contributed by atoms with van der Waals surface area (Å²) in [4.78, 5) is 8.11. The van der Waals surface area contributed by atoms with Gasteiger partial charge in [-0.2, -0.15) is 4.31 Å². The summed E-state index contributed by atoms with van der Waals surface area (Å²) < 4.78 is 32.9. The molecule has 0 atom stereocenters. The first-order chi connectivity index (χ1) is 11.9. The van der Waals surface area contributed by atoms with Gasteiger partial charge >= 0.3 is 0 Å². The predicted molar refractivity (Wildman–Crippen MR) is 95.6 cm³/mol. The molecule has 25 heavy (non-hydrogen) atoms. The van der Waals surface area contributed by atoms with E-state index in [2.05, 4.69) is 9.97 Å². The highest BCUT2D eigenvalue weighted by atomic mass is 35.5. The Hall–Kier alpha value is -1.41. The minimum absolute atomic E-state index is 0.0874. The third kappa shape index (κ3) is 4.06. The number of rotatable bonds is 4. The number of piperidine rings is 1. The minimum Gasteiger partial charge on any atom is -0.473 e. The van der Waals surface area contributed by atoms with Gasteiger partial charge < -0.3 is 4.74 Å². The van der Waals surface area contributed by atoms with E-state index in [0.717, 1.165) is 0 Å². The summed E-state index contributed by atoms with van der Waals surface area (Å²) in [7, 11) is -3.67. The molecule has 0 bridgehead atoms. The number of ether oxygens (including phenoxy) is 1. The second-order valence-electron chi connectivity index (χ2n) is 5.80. The number of benzene rings is 1. The maximum atomic E-state index is 12.9. The van der Waals surface area contributed by atoms with E-state index in [0.29, 0.717) is 42.4 Å². The van der Waals surface area contributed by atoms with Crippen LogP contribution < -0.4 is 4.74 Å². The van der Waals surface area contributed by atoms with E-state index in [1.165, 1.54) is 16.4 Å². The van der Waals surface area contributed by atoms with Crippen molar-refractivity contribution in [2.75, 3.05) is 13.1 Å². The molecule has 2 heterocycles. The fourth-order valence-corrected chi connectivity index (χ4v) is 4.95. The van der Waals surface area contributed by atoms with Crippen molar-refractivity contribution in [3.63, 3.8) is 0 Å². The zero-order valence-electron chi connectivity index (χ0n) is 13.5. The van der Waals surface area contributed by atoms with Crippen LogP contribution in [0.3, 0.4) is 0 Å². The Morgan fingerprint density at radius 2 is 1.88 bits per heavy atom. The standard InChI is InChI=1S/C16H17Cl2N3O3S/c1-11-8-15(14(18)9-13(11)17)25(22,23)21-6-2-12(3-7-21)24-16-10-19-4-5-20-16/h4-5,8-10,12H,2-3,6-7H2,1H3. The molecular weight excluding hydrogens is 385 g/mol. The SMILES string of the molecule is Cc1cc(S(=O)(=O)N2CCC(Oc3cnccn3)CC2)c(Cl)cc1Cl. The molecule has 1 aromatic carbocycles. The van der Waals surface area contributed by atoms with Crippen LogP contribution in [0.5, 0.6) is 5.88 Å². The lowest BCUT2D eigenvalue weighted by atomic mass is 10.1. The van der Waals surface area contributed by atoms with Crippen LogP contribution in [0.25, 0.3) is 0 Å². The van der Waals surface area contributed by atoms with Gasteiger partial charge in [-0.1, -0.05) is 23.2 Å². The van der Waals surface area contributed by atoms with E-state index in [9.17, 15) is 8.42 Å². The third-order valence-electron chi connectivity index (χ3n) is 4.06. The van der Waals surface area contributed by atoms with Gasteiger partial charge in [-0.25, -0.2) is 13.4 Å². The Bertz CT molecular complexity index is 854. The Balaban J connectivity index is 1.71. The van der Waals surface area contributed by atoms with E-state index in [4.69, 9.17) is 27.9 Å². The first kappa shape index (κ1) is 18.4. The van der Waals surface area contributed by atoms with Gasteiger partial charge in [0, 0.05) is 30.5 Å². The Morgan fingerprint density at radius 3 is 2.52 bits per heavy atom. The van der Waals surface area contributed by atoms with Crippen LogP contribution in [0.15, 0.2) is 35.6 Å². The number of hydrogen-bond acceptors (Lipinski definition) is 5. The molecule has 1 saturated heterocycles. The number of hydrogen-bond donors (Lipinski definition) is 0. The van der Waals surface area contributed by atoms with Gasteiger partial charge in [0.1, 0.15) is 11.0 Å². The highest BCUT2D eigenvalue weighted by molar-refractivity contribution is 7.89. The summed E-state index contributed by atoms with van der Waals surface area (Å²) in [6.07, 6.45) is 5.71. The molecule has 1 aliphatic heterocycles. The van der Waals surface area contributed by atoms with Crippen LogP contribution in [0.4, 0.5) is 0 Å². The van der Waals surface area contributed by atoms with Gasteiger partial charge in [0.2, 0.25) is 15.9 Å². The predicted octanol–water partition coefficient (Wildman–Crippen LogP) is 3.32. The van der Waals surface area contributed by atoms with Crippen molar-refractivity contribution in [3.05, 3.63) is 46.3 Å². The van der Waals surface area contributed by atoms with Crippen molar-refractivity contribution < 1.29 is 13.2 Å². The Kier molecular flexibility index (Phi) is 5.48. The summed E-state index contributed by atoms with van der Waals surface area (Å²) in [5.41, 5.74) is 0.672. The maximum absolute atomic E-state index is 12.9. The number of nitrogens with zero attached hydrogens (tertiary/aromatic N) is 3. The van der Waals surface area contributed by atoms with Crippen molar-refractivity contribution in [1.29, 1.82) is 0 Å². The van der Waals surface area contributed by atoms with E-state index >= 15 is 0 Å².